The van der Waals surface area contributed by atoms with E-state index < -0.39 is 17.3 Å². The van der Waals surface area contributed by atoms with E-state index in [0.29, 0.717) is 17.2 Å². The number of carbonyl (C=O) groups excluding carboxylic acids is 1. The van der Waals surface area contributed by atoms with Gasteiger partial charge in [0.25, 0.3) is 5.56 Å². The van der Waals surface area contributed by atoms with Gasteiger partial charge >= 0.3 is 5.97 Å². The van der Waals surface area contributed by atoms with Gasteiger partial charge in [0, 0.05) is 24.0 Å². The van der Waals surface area contributed by atoms with E-state index in [0.717, 1.165) is 5.56 Å². The molecule has 0 saturated carbocycles. The highest BCUT2D eigenvalue weighted by Crippen LogP contribution is 2.24. The van der Waals surface area contributed by atoms with Crippen molar-refractivity contribution in [3.8, 4) is 17.2 Å². The number of aliphatic imine (C=N–C) groups is 1. The molecule has 9 nitrogen and oxygen atoms in total. The van der Waals surface area contributed by atoms with E-state index in [1.54, 1.807) is 48.8 Å². The van der Waals surface area contributed by atoms with Gasteiger partial charge in [-0.25, -0.2) is 9.07 Å². The summed E-state index contributed by atoms with van der Waals surface area (Å²) in [7, 11) is 4.16. The van der Waals surface area contributed by atoms with Gasteiger partial charge in [-0.3, -0.25) is 24.7 Å². The zero-order valence-electron chi connectivity index (χ0n) is 20.5. The number of aromatic amines is 1. The van der Waals surface area contributed by atoms with E-state index in [2.05, 4.69) is 15.1 Å². The van der Waals surface area contributed by atoms with E-state index in [1.807, 2.05) is 6.07 Å². The first-order chi connectivity index (χ1) is 18.0. The molecule has 0 radical (unpaired) electrons. The first-order valence-electron chi connectivity index (χ1n) is 11.3. The molecule has 2 heterocycles. The third-order valence-corrected chi connectivity index (χ3v) is 5.65. The van der Waals surface area contributed by atoms with Crippen molar-refractivity contribution in [2.45, 2.75) is 13.0 Å². The minimum absolute atomic E-state index is 0.0317. The number of esters is 1. The summed E-state index contributed by atoms with van der Waals surface area (Å²) in [6.07, 6.45) is 2.99. The molecule has 4 rings (SSSR count). The largest absolute Gasteiger partial charge is 0.497 e. The smallest absolute Gasteiger partial charge is 0.311 e. The number of carbonyl (C=O) groups is 1. The van der Waals surface area contributed by atoms with Crippen LogP contribution in [-0.4, -0.2) is 47.8 Å². The average molecular weight is 505 g/mol. The molecule has 0 amide bonds. The average Bonchev–Trinajstić information content (AvgIpc) is 3.24. The Kier molecular flexibility index (Phi) is 7.77. The summed E-state index contributed by atoms with van der Waals surface area (Å²) in [6, 6.07) is 14.7. The molecule has 0 bridgehead atoms. The van der Waals surface area contributed by atoms with Crippen molar-refractivity contribution in [3.63, 3.8) is 0 Å². The van der Waals surface area contributed by atoms with Gasteiger partial charge in [-0.1, -0.05) is 18.2 Å². The molecule has 0 unspecified atom stereocenters. The SMILES string of the molecule is COC(=O)Cc1[nH]n(-c2ccccc2OC)c(=O)c1C(=NCc1cccnc1)c1ccc(OC)cc1F. The molecular formula is C27H25FN4O5. The maximum absolute atomic E-state index is 15.3. The van der Waals surface area contributed by atoms with Gasteiger partial charge in [-0.05, 0) is 35.9 Å². The summed E-state index contributed by atoms with van der Waals surface area (Å²) in [5, 5.41) is 2.98. The number of nitrogens with one attached hydrogen (secondary N) is 1. The molecule has 37 heavy (non-hydrogen) atoms. The van der Waals surface area contributed by atoms with Crippen molar-refractivity contribution < 1.29 is 23.4 Å². The number of rotatable bonds is 9. The molecule has 0 aliphatic heterocycles. The number of nitrogens with zero attached hydrogens (tertiary/aromatic N) is 3. The highest BCUT2D eigenvalue weighted by molar-refractivity contribution is 6.14. The van der Waals surface area contributed by atoms with Crippen LogP contribution in [0, 0.1) is 5.82 Å². The minimum atomic E-state index is -0.641. The Morgan fingerprint density at radius 2 is 1.89 bits per heavy atom. The zero-order valence-corrected chi connectivity index (χ0v) is 20.5. The maximum Gasteiger partial charge on any atom is 0.311 e. The normalized spacial score (nSPS) is 11.3. The number of H-pyrrole nitrogens is 1. The van der Waals surface area contributed by atoms with Crippen LogP contribution in [-0.2, 0) is 22.5 Å². The molecule has 0 aliphatic rings. The lowest BCUT2D eigenvalue weighted by Crippen LogP contribution is -2.23. The molecule has 0 atom stereocenters. The monoisotopic (exact) mass is 504 g/mol. The highest BCUT2D eigenvalue weighted by atomic mass is 19.1. The van der Waals surface area contributed by atoms with Crippen molar-refractivity contribution in [1.29, 1.82) is 0 Å². The molecule has 0 fully saturated rings. The topological polar surface area (TPSA) is 108 Å². The minimum Gasteiger partial charge on any atom is -0.497 e. The number of ether oxygens (including phenoxy) is 3. The molecular weight excluding hydrogens is 479 g/mol. The number of para-hydroxylation sites is 2. The van der Waals surface area contributed by atoms with E-state index in [1.165, 1.54) is 38.1 Å². The molecule has 2 aromatic carbocycles. The summed E-state index contributed by atoms with van der Waals surface area (Å²) in [6.45, 7) is 0.117. The maximum atomic E-state index is 15.3. The Hall–Kier alpha value is -4.73. The van der Waals surface area contributed by atoms with Crippen LogP contribution in [0.5, 0.6) is 11.5 Å². The lowest BCUT2D eigenvalue weighted by atomic mass is 10.00. The van der Waals surface area contributed by atoms with Crippen molar-refractivity contribution in [1.82, 2.24) is 14.8 Å². The molecule has 0 spiro atoms. The van der Waals surface area contributed by atoms with Crippen LogP contribution in [0.3, 0.4) is 0 Å². The molecule has 0 saturated heterocycles. The van der Waals surface area contributed by atoms with Crippen LogP contribution >= 0.6 is 0 Å². The molecule has 190 valence electrons. The van der Waals surface area contributed by atoms with Crippen LogP contribution < -0.4 is 15.0 Å². The van der Waals surface area contributed by atoms with Crippen molar-refractivity contribution in [2.75, 3.05) is 21.3 Å². The Labute approximate surface area is 212 Å². The van der Waals surface area contributed by atoms with E-state index in [4.69, 9.17) is 14.2 Å². The van der Waals surface area contributed by atoms with Gasteiger partial charge in [0.1, 0.15) is 23.0 Å². The molecule has 10 heteroatoms. The third-order valence-electron chi connectivity index (χ3n) is 5.65. The quantitative estimate of drug-likeness (QED) is 0.276. The number of hydrogen-bond donors (Lipinski definition) is 1. The van der Waals surface area contributed by atoms with E-state index in [9.17, 15) is 9.59 Å². The van der Waals surface area contributed by atoms with Gasteiger partial charge in [0.2, 0.25) is 0 Å². The van der Waals surface area contributed by atoms with Crippen LogP contribution in [0.1, 0.15) is 22.4 Å². The van der Waals surface area contributed by atoms with Gasteiger partial charge in [0.15, 0.2) is 0 Å². The second-order valence-electron chi connectivity index (χ2n) is 7.90. The number of benzene rings is 2. The Balaban J connectivity index is 1.97. The first-order valence-corrected chi connectivity index (χ1v) is 11.3. The lowest BCUT2D eigenvalue weighted by molar-refractivity contribution is -0.139. The molecule has 2 aromatic heterocycles. The molecule has 0 aliphatic carbocycles. The first kappa shape index (κ1) is 25.4. The lowest BCUT2D eigenvalue weighted by Gasteiger charge is -2.10. The number of halogens is 1. The number of pyridine rings is 1. The summed E-state index contributed by atoms with van der Waals surface area (Å²) in [5.74, 6) is -0.496. The Morgan fingerprint density at radius 3 is 2.57 bits per heavy atom. The summed E-state index contributed by atoms with van der Waals surface area (Å²) < 4.78 is 32.0. The van der Waals surface area contributed by atoms with Gasteiger partial charge in [0.05, 0.1) is 51.3 Å². The van der Waals surface area contributed by atoms with E-state index >= 15 is 4.39 Å². The fourth-order valence-corrected chi connectivity index (χ4v) is 3.83. The van der Waals surface area contributed by atoms with Crippen LogP contribution in [0.2, 0.25) is 0 Å². The highest BCUT2D eigenvalue weighted by Gasteiger charge is 2.26. The summed E-state index contributed by atoms with van der Waals surface area (Å²) in [5.41, 5.74) is 1.01. The Bertz CT molecular complexity index is 1490. The summed E-state index contributed by atoms with van der Waals surface area (Å²) in [4.78, 5) is 34.9. The second-order valence-corrected chi connectivity index (χ2v) is 7.90. The number of methoxy groups -OCH3 is 3. The van der Waals surface area contributed by atoms with E-state index in [-0.39, 0.29) is 35.5 Å². The Morgan fingerprint density at radius 1 is 1.08 bits per heavy atom. The number of hydrogen-bond acceptors (Lipinski definition) is 7. The fourth-order valence-electron chi connectivity index (χ4n) is 3.83. The molecule has 4 aromatic rings. The number of aromatic nitrogens is 3. The predicted molar refractivity (Wildman–Crippen MR) is 135 cm³/mol. The zero-order chi connectivity index (χ0) is 26.4. The standard InChI is InChI=1S/C27H25FN4O5/c1-35-18-10-11-19(20(28)13-18)26(30-16-17-7-6-12-29-15-17)25-21(14-24(33)37-3)31-32(27(25)34)22-8-4-5-9-23(22)36-2/h4-13,15,31H,14,16H2,1-3H3. The van der Waals surface area contributed by atoms with Crippen LogP contribution in [0.15, 0.2) is 76.8 Å². The fraction of sp³-hybridized carbons (Fsp3) is 0.185. The van der Waals surface area contributed by atoms with Gasteiger partial charge in [-0.2, -0.15) is 0 Å². The van der Waals surface area contributed by atoms with Crippen LogP contribution in [0.25, 0.3) is 5.69 Å². The van der Waals surface area contributed by atoms with Gasteiger partial charge in [-0.15, -0.1) is 0 Å². The molecule has 1 N–H and O–H groups in total. The van der Waals surface area contributed by atoms with Crippen molar-refractivity contribution in [2.24, 2.45) is 4.99 Å². The van der Waals surface area contributed by atoms with Crippen LogP contribution in [0.4, 0.5) is 4.39 Å². The predicted octanol–water partition coefficient (Wildman–Crippen LogP) is 3.47. The van der Waals surface area contributed by atoms with Gasteiger partial charge < -0.3 is 14.2 Å². The van der Waals surface area contributed by atoms with Crippen molar-refractivity contribution in [3.05, 3.63) is 106 Å². The van der Waals surface area contributed by atoms with Crippen molar-refractivity contribution >= 4 is 11.7 Å². The second kappa shape index (κ2) is 11.3. The third kappa shape index (κ3) is 5.43. The summed E-state index contributed by atoms with van der Waals surface area (Å²) >= 11 is 0.